The van der Waals surface area contributed by atoms with E-state index in [1.54, 1.807) is 5.56 Å². The van der Waals surface area contributed by atoms with Gasteiger partial charge in [0.05, 0.1) is 18.9 Å². The van der Waals surface area contributed by atoms with Gasteiger partial charge >= 0.3 is 0 Å². The smallest absolute Gasteiger partial charge is 0.0919 e. The monoisotopic (exact) mass is 280 g/mol. The van der Waals surface area contributed by atoms with Crippen molar-refractivity contribution in [3.05, 3.63) is 47.9 Å². The number of para-hydroxylation sites is 1. The fraction of sp³-hybridized carbons (Fsp3) is 0.444. The minimum Gasteiger partial charge on any atom is -0.501 e. The minimum atomic E-state index is 0.560. The molecule has 3 atom stereocenters. The van der Waals surface area contributed by atoms with E-state index in [1.165, 1.54) is 42.5 Å². The second-order valence-corrected chi connectivity index (χ2v) is 6.65. The minimum absolute atomic E-state index is 0.560. The molecule has 1 aromatic heterocycles. The van der Waals surface area contributed by atoms with E-state index in [0.29, 0.717) is 17.9 Å². The second-order valence-electron chi connectivity index (χ2n) is 6.65. The molecule has 3 aliphatic rings. The molecule has 0 spiro atoms. The largest absolute Gasteiger partial charge is 0.501 e. The molecule has 0 radical (unpaired) electrons. The predicted octanol–water partition coefficient (Wildman–Crippen LogP) is 3.25. The van der Waals surface area contributed by atoms with E-state index >= 15 is 0 Å². The fourth-order valence-electron chi connectivity index (χ4n) is 4.49. The van der Waals surface area contributed by atoms with Crippen LogP contribution in [0.4, 0.5) is 0 Å². The van der Waals surface area contributed by atoms with Crippen molar-refractivity contribution in [2.75, 3.05) is 19.7 Å². The lowest BCUT2D eigenvalue weighted by Gasteiger charge is -2.46. The number of rotatable bonds is 0. The molecule has 5 rings (SSSR count). The standard InChI is InChI=1S/C18H20N2O/c1-2-4-16-14(3-1)15-5-7-20-10-13-11-21-8-6-12(13)9-17(20)18(15)19-16/h1-4,6,8,12-13,17,19H,5,7,9-11H2/t12?,13?,17-/m1/s1. The number of aromatic nitrogens is 1. The maximum absolute atomic E-state index is 5.52. The molecule has 21 heavy (non-hydrogen) atoms. The Kier molecular flexibility index (Phi) is 2.47. The number of piperidine rings is 1. The molecular formula is C18H20N2O. The van der Waals surface area contributed by atoms with Gasteiger partial charge < -0.3 is 9.72 Å². The Morgan fingerprint density at radius 2 is 2.19 bits per heavy atom. The molecule has 3 aliphatic heterocycles. The van der Waals surface area contributed by atoms with Gasteiger partial charge in [0, 0.05) is 35.6 Å². The third-order valence-electron chi connectivity index (χ3n) is 5.57. The zero-order valence-electron chi connectivity index (χ0n) is 12.1. The summed E-state index contributed by atoms with van der Waals surface area (Å²) in [5, 5.41) is 1.43. The molecule has 0 bridgehead atoms. The van der Waals surface area contributed by atoms with E-state index < -0.39 is 0 Å². The summed E-state index contributed by atoms with van der Waals surface area (Å²) in [4.78, 5) is 6.38. The van der Waals surface area contributed by atoms with Crippen molar-refractivity contribution in [2.24, 2.45) is 11.8 Å². The molecule has 108 valence electrons. The highest BCUT2D eigenvalue weighted by atomic mass is 16.5. The average Bonchev–Trinajstić information content (AvgIpc) is 2.92. The fourth-order valence-corrected chi connectivity index (χ4v) is 4.49. The van der Waals surface area contributed by atoms with Crippen LogP contribution in [0.1, 0.15) is 23.7 Å². The van der Waals surface area contributed by atoms with Crippen LogP contribution in [-0.2, 0) is 11.2 Å². The van der Waals surface area contributed by atoms with Gasteiger partial charge in [-0.25, -0.2) is 0 Å². The first-order valence-corrected chi connectivity index (χ1v) is 8.02. The van der Waals surface area contributed by atoms with Crippen molar-refractivity contribution < 1.29 is 4.74 Å². The van der Waals surface area contributed by atoms with Gasteiger partial charge in [-0.05, 0) is 36.5 Å². The molecule has 1 fully saturated rings. The zero-order valence-corrected chi connectivity index (χ0v) is 12.1. The summed E-state index contributed by atoms with van der Waals surface area (Å²) in [5.74, 6) is 1.36. The summed E-state index contributed by atoms with van der Waals surface area (Å²) in [6.07, 6.45) is 6.59. The molecule has 0 saturated carbocycles. The number of hydrogen-bond donors (Lipinski definition) is 1. The Morgan fingerprint density at radius 1 is 1.24 bits per heavy atom. The number of fused-ring (bicyclic) bond motifs is 6. The molecular weight excluding hydrogens is 260 g/mol. The van der Waals surface area contributed by atoms with E-state index in [1.807, 2.05) is 6.26 Å². The Labute approximate surface area is 124 Å². The van der Waals surface area contributed by atoms with Crippen LogP contribution >= 0.6 is 0 Å². The number of nitrogens with zero attached hydrogens (tertiary/aromatic N) is 1. The molecule has 0 aliphatic carbocycles. The first-order valence-electron chi connectivity index (χ1n) is 8.02. The molecule has 2 unspecified atom stereocenters. The predicted molar refractivity (Wildman–Crippen MR) is 83.0 cm³/mol. The Bertz CT molecular complexity index is 717. The molecule has 1 saturated heterocycles. The number of ether oxygens (including phenoxy) is 1. The first kappa shape index (κ1) is 11.9. The number of nitrogens with one attached hydrogen (secondary N) is 1. The van der Waals surface area contributed by atoms with Gasteiger partial charge in [0.25, 0.3) is 0 Å². The summed E-state index contributed by atoms with van der Waals surface area (Å²) >= 11 is 0. The van der Waals surface area contributed by atoms with Crippen molar-refractivity contribution >= 4 is 10.9 Å². The van der Waals surface area contributed by atoms with Crippen molar-refractivity contribution in [1.82, 2.24) is 9.88 Å². The van der Waals surface area contributed by atoms with Gasteiger partial charge in [0.15, 0.2) is 0 Å². The van der Waals surface area contributed by atoms with Crippen molar-refractivity contribution in [1.29, 1.82) is 0 Å². The maximum Gasteiger partial charge on any atom is 0.0919 e. The Balaban J connectivity index is 1.59. The number of aromatic amines is 1. The number of allylic oxidation sites excluding steroid dienone is 1. The van der Waals surface area contributed by atoms with Crippen molar-refractivity contribution in [3.63, 3.8) is 0 Å². The third-order valence-corrected chi connectivity index (χ3v) is 5.57. The molecule has 1 aromatic carbocycles. The van der Waals surface area contributed by atoms with Gasteiger partial charge in [0.2, 0.25) is 0 Å². The molecule has 3 heteroatoms. The van der Waals surface area contributed by atoms with E-state index in [0.717, 1.165) is 6.61 Å². The molecule has 4 heterocycles. The normalized spacial score (nSPS) is 31.3. The van der Waals surface area contributed by atoms with E-state index in [-0.39, 0.29) is 0 Å². The van der Waals surface area contributed by atoms with Crippen LogP contribution in [0.5, 0.6) is 0 Å². The van der Waals surface area contributed by atoms with Crippen molar-refractivity contribution in [3.8, 4) is 0 Å². The van der Waals surface area contributed by atoms with E-state index in [4.69, 9.17) is 4.74 Å². The van der Waals surface area contributed by atoms with Gasteiger partial charge in [-0.1, -0.05) is 18.2 Å². The van der Waals surface area contributed by atoms with Gasteiger partial charge in [-0.2, -0.15) is 0 Å². The SMILES string of the molecule is C1=CC2C[C@@H]3c4[nH]c5ccccc5c4CCN3CC2CO1. The third kappa shape index (κ3) is 1.70. The summed E-state index contributed by atoms with van der Waals surface area (Å²) in [5.41, 5.74) is 4.33. The maximum atomic E-state index is 5.52. The van der Waals surface area contributed by atoms with Crippen LogP contribution < -0.4 is 0 Å². The Hall–Kier alpha value is -1.74. The van der Waals surface area contributed by atoms with Crippen LogP contribution in [0, 0.1) is 11.8 Å². The van der Waals surface area contributed by atoms with Crippen LogP contribution in [0.3, 0.4) is 0 Å². The number of benzene rings is 1. The van der Waals surface area contributed by atoms with E-state index in [2.05, 4.69) is 40.2 Å². The van der Waals surface area contributed by atoms with E-state index in [9.17, 15) is 0 Å². The second kappa shape index (κ2) is 4.38. The molecule has 3 nitrogen and oxygen atoms in total. The highest BCUT2D eigenvalue weighted by Gasteiger charge is 2.40. The molecule has 0 amide bonds. The quantitative estimate of drug-likeness (QED) is 0.802. The Morgan fingerprint density at radius 3 is 3.19 bits per heavy atom. The van der Waals surface area contributed by atoms with Gasteiger partial charge in [-0.3, -0.25) is 4.90 Å². The van der Waals surface area contributed by atoms with Crippen LogP contribution in [0.15, 0.2) is 36.6 Å². The molecule has 2 aromatic rings. The number of hydrogen-bond acceptors (Lipinski definition) is 2. The van der Waals surface area contributed by atoms with Crippen LogP contribution in [0.25, 0.3) is 10.9 Å². The van der Waals surface area contributed by atoms with Crippen molar-refractivity contribution in [2.45, 2.75) is 18.9 Å². The highest BCUT2D eigenvalue weighted by molar-refractivity contribution is 5.85. The summed E-state index contributed by atoms with van der Waals surface area (Å²) in [6, 6.07) is 9.31. The zero-order chi connectivity index (χ0) is 13.8. The first-order chi connectivity index (χ1) is 10.4. The summed E-state index contributed by atoms with van der Waals surface area (Å²) in [6.45, 7) is 3.25. The average molecular weight is 280 g/mol. The topological polar surface area (TPSA) is 28.3 Å². The lowest BCUT2D eigenvalue weighted by atomic mass is 9.78. The lowest BCUT2D eigenvalue weighted by molar-refractivity contribution is 0.0236. The summed E-state index contributed by atoms with van der Waals surface area (Å²) in [7, 11) is 0. The van der Waals surface area contributed by atoms with Crippen LogP contribution in [-0.4, -0.2) is 29.6 Å². The highest BCUT2D eigenvalue weighted by Crippen LogP contribution is 2.43. The summed E-state index contributed by atoms with van der Waals surface area (Å²) < 4.78 is 5.52. The van der Waals surface area contributed by atoms with Crippen LogP contribution in [0.2, 0.25) is 0 Å². The number of H-pyrrole nitrogens is 1. The lowest BCUT2D eigenvalue weighted by Crippen LogP contribution is -2.47. The van der Waals surface area contributed by atoms with Gasteiger partial charge in [0.1, 0.15) is 0 Å². The van der Waals surface area contributed by atoms with Gasteiger partial charge in [-0.15, -0.1) is 0 Å². The molecule has 1 N–H and O–H groups in total.